The summed E-state index contributed by atoms with van der Waals surface area (Å²) in [5, 5.41) is 17.6. The summed E-state index contributed by atoms with van der Waals surface area (Å²) in [6.07, 6.45) is 0.748. The molecule has 3 rings (SSSR count). The first-order valence-electron chi connectivity index (χ1n) is 7.88. The number of imidazole rings is 1. The zero-order valence-corrected chi connectivity index (χ0v) is 13.7. The molecule has 0 aliphatic rings. The highest BCUT2D eigenvalue weighted by atomic mass is 16.6. The van der Waals surface area contributed by atoms with Crippen LogP contribution in [0.2, 0.25) is 0 Å². The average molecular weight is 339 g/mol. The molecule has 1 aromatic heterocycles. The Morgan fingerprint density at radius 3 is 2.56 bits per heavy atom. The molecular formula is C17H18BN3O4. The summed E-state index contributed by atoms with van der Waals surface area (Å²) in [7, 11) is -1.84. The first-order valence-corrected chi connectivity index (χ1v) is 7.88. The van der Waals surface area contributed by atoms with Gasteiger partial charge in [0, 0.05) is 18.5 Å². The standard InChI is InChI=1S/C17H18BN3O4/c1-2-16-20-14-9-12(17(19)22)5-8-15(14)21(16)10-11-3-6-13(7-4-11)25-18(23)24/h3-9,23-24H,2,10H2,1H3,(H2,19,22). The first kappa shape index (κ1) is 17.0. The zero-order chi connectivity index (χ0) is 18.0. The van der Waals surface area contributed by atoms with E-state index >= 15 is 0 Å². The molecule has 2 aromatic carbocycles. The minimum Gasteiger partial charge on any atom is -0.512 e. The van der Waals surface area contributed by atoms with E-state index in [1.54, 1.807) is 24.3 Å². The molecule has 1 amide bonds. The van der Waals surface area contributed by atoms with Gasteiger partial charge in [0.05, 0.1) is 11.0 Å². The number of primary amides is 1. The molecule has 0 atom stereocenters. The third-order valence-corrected chi connectivity index (χ3v) is 3.93. The molecule has 3 aromatic rings. The number of hydrogen-bond donors (Lipinski definition) is 3. The molecule has 0 aliphatic heterocycles. The van der Waals surface area contributed by atoms with Crippen molar-refractivity contribution in [1.82, 2.24) is 9.55 Å². The van der Waals surface area contributed by atoms with Gasteiger partial charge in [-0.1, -0.05) is 19.1 Å². The van der Waals surface area contributed by atoms with Crippen molar-refractivity contribution in [2.24, 2.45) is 5.73 Å². The van der Waals surface area contributed by atoms with Crippen molar-refractivity contribution in [1.29, 1.82) is 0 Å². The van der Waals surface area contributed by atoms with E-state index in [9.17, 15) is 4.79 Å². The monoisotopic (exact) mass is 339 g/mol. The van der Waals surface area contributed by atoms with Gasteiger partial charge in [-0.3, -0.25) is 4.79 Å². The maximum atomic E-state index is 11.3. The number of aryl methyl sites for hydroxylation is 1. The molecule has 4 N–H and O–H groups in total. The Kier molecular flexibility index (Phi) is 4.73. The predicted octanol–water partition coefficient (Wildman–Crippen LogP) is 1.09. The minimum absolute atomic E-state index is 0.371. The van der Waals surface area contributed by atoms with Gasteiger partial charge >= 0.3 is 7.32 Å². The number of rotatable bonds is 6. The minimum atomic E-state index is -1.84. The molecular weight excluding hydrogens is 321 g/mol. The van der Waals surface area contributed by atoms with Crippen molar-refractivity contribution in [2.45, 2.75) is 19.9 Å². The summed E-state index contributed by atoms with van der Waals surface area (Å²) < 4.78 is 6.88. The topological polar surface area (TPSA) is 111 Å². The maximum Gasteiger partial charge on any atom is 0.707 e. The number of nitrogens with zero attached hydrogens (tertiary/aromatic N) is 2. The summed E-state index contributed by atoms with van der Waals surface area (Å²) >= 11 is 0. The van der Waals surface area contributed by atoms with E-state index in [1.165, 1.54) is 0 Å². The van der Waals surface area contributed by atoms with Crippen LogP contribution in [0.5, 0.6) is 5.75 Å². The third kappa shape index (κ3) is 3.65. The normalized spacial score (nSPS) is 10.8. The van der Waals surface area contributed by atoms with Crippen LogP contribution >= 0.6 is 0 Å². The third-order valence-electron chi connectivity index (χ3n) is 3.93. The summed E-state index contributed by atoms with van der Waals surface area (Å²) in [6.45, 7) is 2.61. The van der Waals surface area contributed by atoms with Crippen molar-refractivity contribution in [3.05, 3.63) is 59.4 Å². The van der Waals surface area contributed by atoms with E-state index in [0.29, 0.717) is 17.9 Å². The molecule has 0 spiro atoms. The molecule has 0 bridgehead atoms. The van der Waals surface area contributed by atoms with Gasteiger partial charge < -0.3 is 25.0 Å². The molecule has 8 heteroatoms. The molecule has 0 saturated carbocycles. The Bertz CT molecular complexity index is 906. The Morgan fingerprint density at radius 1 is 1.24 bits per heavy atom. The van der Waals surface area contributed by atoms with Gasteiger partial charge in [-0.25, -0.2) is 4.98 Å². The number of aromatic nitrogens is 2. The number of fused-ring (bicyclic) bond motifs is 1. The van der Waals surface area contributed by atoms with Gasteiger partial charge in [-0.15, -0.1) is 0 Å². The lowest BCUT2D eigenvalue weighted by Crippen LogP contribution is -2.20. The Balaban J connectivity index is 1.93. The van der Waals surface area contributed by atoms with E-state index in [-0.39, 0.29) is 0 Å². The first-order chi connectivity index (χ1) is 12.0. The van der Waals surface area contributed by atoms with Gasteiger partial charge in [-0.2, -0.15) is 0 Å². The highest BCUT2D eigenvalue weighted by molar-refractivity contribution is 6.33. The fourth-order valence-corrected chi connectivity index (χ4v) is 2.76. The largest absolute Gasteiger partial charge is 0.707 e. The number of hydrogen-bond acceptors (Lipinski definition) is 5. The fraction of sp³-hybridized carbons (Fsp3) is 0.176. The van der Waals surface area contributed by atoms with Crippen LogP contribution in [0.25, 0.3) is 11.0 Å². The van der Waals surface area contributed by atoms with Crippen LogP contribution < -0.4 is 10.4 Å². The molecule has 0 unspecified atom stereocenters. The van der Waals surface area contributed by atoms with Crippen molar-refractivity contribution in [2.75, 3.05) is 0 Å². The lowest BCUT2D eigenvalue weighted by molar-refractivity contribution is 0.100. The van der Waals surface area contributed by atoms with Crippen LogP contribution in [0, 0.1) is 0 Å². The quantitative estimate of drug-likeness (QED) is 0.582. The van der Waals surface area contributed by atoms with Crippen LogP contribution in [0.1, 0.15) is 28.7 Å². The van der Waals surface area contributed by atoms with Crippen LogP contribution in [-0.4, -0.2) is 32.8 Å². The van der Waals surface area contributed by atoms with Crippen molar-refractivity contribution in [3.63, 3.8) is 0 Å². The Morgan fingerprint density at radius 2 is 1.96 bits per heavy atom. The van der Waals surface area contributed by atoms with Gasteiger partial charge in [-0.05, 0) is 35.9 Å². The smallest absolute Gasteiger partial charge is 0.512 e. The van der Waals surface area contributed by atoms with Crippen LogP contribution in [0.3, 0.4) is 0 Å². The molecule has 128 valence electrons. The highest BCUT2D eigenvalue weighted by Crippen LogP contribution is 2.21. The second-order valence-corrected chi connectivity index (χ2v) is 5.62. The van der Waals surface area contributed by atoms with Gasteiger partial charge in [0.2, 0.25) is 5.91 Å². The zero-order valence-electron chi connectivity index (χ0n) is 13.7. The fourth-order valence-electron chi connectivity index (χ4n) is 2.76. The van der Waals surface area contributed by atoms with Crippen molar-refractivity contribution in [3.8, 4) is 5.75 Å². The SMILES string of the molecule is CCc1nc2cc(C(N)=O)ccc2n1Cc1ccc(OB(O)O)cc1. The van der Waals surface area contributed by atoms with Gasteiger partial charge in [0.25, 0.3) is 0 Å². The van der Waals surface area contributed by atoms with Crippen molar-refractivity contribution < 1.29 is 19.5 Å². The van der Waals surface area contributed by atoms with Crippen LogP contribution in [-0.2, 0) is 13.0 Å². The summed E-state index contributed by atoms with van der Waals surface area (Å²) in [4.78, 5) is 15.9. The molecule has 0 fully saturated rings. The van der Waals surface area contributed by atoms with Gasteiger partial charge in [0.15, 0.2) is 0 Å². The lowest BCUT2D eigenvalue weighted by Gasteiger charge is -2.10. The number of benzene rings is 2. The maximum absolute atomic E-state index is 11.3. The molecule has 0 saturated heterocycles. The van der Waals surface area contributed by atoms with E-state index in [0.717, 1.165) is 28.8 Å². The Labute approximate surface area is 144 Å². The molecule has 0 radical (unpaired) electrons. The van der Waals surface area contributed by atoms with Crippen LogP contribution in [0.4, 0.5) is 0 Å². The van der Waals surface area contributed by atoms with Crippen LogP contribution in [0.15, 0.2) is 42.5 Å². The number of amides is 1. The molecule has 0 aliphatic carbocycles. The number of carbonyl (C=O) groups is 1. The van der Waals surface area contributed by atoms with E-state index in [4.69, 9.17) is 20.4 Å². The molecule has 1 heterocycles. The van der Waals surface area contributed by atoms with E-state index in [2.05, 4.69) is 9.55 Å². The highest BCUT2D eigenvalue weighted by Gasteiger charge is 2.13. The van der Waals surface area contributed by atoms with Gasteiger partial charge in [0.1, 0.15) is 11.6 Å². The molecule has 7 nitrogen and oxygen atoms in total. The summed E-state index contributed by atoms with van der Waals surface area (Å²) in [6, 6.07) is 12.3. The second kappa shape index (κ2) is 6.96. The summed E-state index contributed by atoms with van der Waals surface area (Å²) in [5.41, 5.74) is 8.43. The van der Waals surface area contributed by atoms with Crippen molar-refractivity contribution >= 4 is 24.3 Å². The Hall–Kier alpha value is -2.84. The van der Waals surface area contributed by atoms with E-state index < -0.39 is 13.2 Å². The predicted molar refractivity (Wildman–Crippen MR) is 94.0 cm³/mol. The second-order valence-electron chi connectivity index (χ2n) is 5.62. The number of carbonyl (C=O) groups excluding carboxylic acids is 1. The van der Waals surface area contributed by atoms with E-state index in [1.807, 2.05) is 25.1 Å². The average Bonchev–Trinajstić information content (AvgIpc) is 2.93. The lowest BCUT2D eigenvalue weighted by atomic mass is 10.1. The molecule has 25 heavy (non-hydrogen) atoms. The number of nitrogens with two attached hydrogens (primary N) is 1. The summed E-state index contributed by atoms with van der Waals surface area (Å²) in [5.74, 6) is 0.801.